The highest BCUT2D eigenvalue weighted by Gasteiger charge is 2.21. The highest BCUT2D eigenvalue weighted by atomic mass is 16.5. The summed E-state index contributed by atoms with van der Waals surface area (Å²) in [5.74, 6) is 1.04. The molecule has 0 atom stereocenters. The van der Waals surface area contributed by atoms with Crippen molar-refractivity contribution in [2.24, 2.45) is 0 Å². The first-order valence-electron chi connectivity index (χ1n) is 7.80. The highest BCUT2D eigenvalue weighted by molar-refractivity contribution is 5.78. The van der Waals surface area contributed by atoms with E-state index in [0.717, 1.165) is 24.2 Å². The minimum absolute atomic E-state index is 0.190. The Hall–Kier alpha value is -1.55. The maximum atomic E-state index is 12.2. The van der Waals surface area contributed by atoms with Gasteiger partial charge in [0.1, 0.15) is 5.75 Å². The Bertz CT molecular complexity index is 439. The van der Waals surface area contributed by atoms with Crippen LogP contribution in [0.1, 0.15) is 37.7 Å². The molecule has 1 aliphatic rings. The molecule has 1 aromatic carbocycles. The zero-order valence-corrected chi connectivity index (χ0v) is 13.1. The third kappa shape index (κ3) is 4.74. The van der Waals surface area contributed by atoms with E-state index in [4.69, 9.17) is 4.74 Å². The molecule has 116 valence electrons. The lowest BCUT2D eigenvalue weighted by molar-refractivity contribution is -0.131. The third-order valence-corrected chi connectivity index (χ3v) is 4.28. The molecule has 4 nitrogen and oxygen atoms in total. The number of hydrogen-bond donors (Lipinski definition) is 1. The van der Waals surface area contributed by atoms with Gasteiger partial charge in [-0.2, -0.15) is 0 Å². The smallest absolute Gasteiger partial charge is 0.236 e. The molecule has 1 aliphatic carbocycles. The summed E-state index contributed by atoms with van der Waals surface area (Å²) in [6.07, 6.45) is 6.12. The van der Waals surface area contributed by atoms with Crippen molar-refractivity contribution >= 4 is 5.91 Å². The maximum absolute atomic E-state index is 12.2. The number of benzene rings is 1. The van der Waals surface area contributed by atoms with Gasteiger partial charge in [0.2, 0.25) is 5.91 Å². The summed E-state index contributed by atoms with van der Waals surface area (Å²) in [5, 5.41) is 3.23. The summed E-state index contributed by atoms with van der Waals surface area (Å²) in [7, 11) is 3.60. The molecule has 0 radical (unpaired) electrons. The normalized spacial score (nSPS) is 15.7. The maximum Gasteiger partial charge on any atom is 0.236 e. The zero-order chi connectivity index (χ0) is 15.1. The summed E-state index contributed by atoms with van der Waals surface area (Å²) in [6.45, 7) is 1.10. The molecule has 0 aliphatic heterocycles. The van der Waals surface area contributed by atoms with Crippen molar-refractivity contribution in [1.82, 2.24) is 10.2 Å². The number of carbonyl (C=O) groups excluding carboxylic acids is 1. The lowest BCUT2D eigenvalue weighted by Crippen LogP contribution is -2.42. The van der Waals surface area contributed by atoms with Crippen LogP contribution >= 0.6 is 0 Å². The third-order valence-electron chi connectivity index (χ3n) is 4.28. The van der Waals surface area contributed by atoms with E-state index in [2.05, 4.69) is 5.32 Å². The molecule has 0 saturated heterocycles. The van der Waals surface area contributed by atoms with Gasteiger partial charge in [0, 0.05) is 19.6 Å². The molecule has 0 unspecified atom stereocenters. The van der Waals surface area contributed by atoms with Gasteiger partial charge in [-0.3, -0.25) is 4.79 Å². The van der Waals surface area contributed by atoms with Crippen LogP contribution in [0.2, 0.25) is 0 Å². The van der Waals surface area contributed by atoms with Crippen LogP contribution in [0.25, 0.3) is 0 Å². The fourth-order valence-electron chi connectivity index (χ4n) is 2.85. The van der Waals surface area contributed by atoms with Gasteiger partial charge in [0.05, 0.1) is 13.7 Å². The van der Waals surface area contributed by atoms with Gasteiger partial charge in [-0.25, -0.2) is 0 Å². The second kappa shape index (κ2) is 8.03. The van der Waals surface area contributed by atoms with Crippen molar-refractivity contribution in [1.29, 1.82) is 0 Å². The molecule has 1 aromatic rings. The van der Waals surface area contributed by atoms with Crippen molar-refractivity contribution in [3.8, 4) is 5.75 Å². The van der Waals surface area contributed by atoms with E-state index in [1.807, 2.05) is 36.2 Å². The first-order valence-corrected chi connectivity index (χ1v) is 7.80. The average Bonchev–Trinajstić information content (AvgIpc) is 2.55. The lowest BCUT2D eigenvalue weighted by atomic mass is 9.94. The predicted octanol–water partition coefficient (Wildman–Crippen LogP) is 2.58. The van der Waals surface area contributed by atoms with Crippen LogP contribution in [0, 0.1) is 0 Å². The lowest BCUT2D eigenvalue weighted by Gasteiger charge is -2.31. The fraction of sp³-hybridized carbons (Fsp3) is 0.588. The minimum atomic E-state index is 0.190. The molecule has 0 heterocycles. The largest absolute Gasteiger partial charge is 0.497 e. The molecule has 2 rings (SSSR count). The molecule has 0 bridgehead atoms. The van der Waals surface area contributed by atoms with Gasteiger partial charge in [-0.05, 0) is 30.5 Å². The van der Waals surface area contributed by atoms with E-state index in [9.17, 15) is 4.79 Å². The Balaban J connectivity index is 1.72. The SMILES string of the molecule is COc1ccc(CNCC(=O)N(C)C2CCCCC2)cc1. The Kier molecular flexibility index (Phi) is 6.05. The van der Waals surface area contributed by atoms with E-state index in [-0.39, 0.29) is 5.91 Å². The first-order chi connectivity index (χ1) is 10.2. The van der Waals surface area contributed by atoms with Crippen LogP contribution < -0.4 is 10.1 Å². The van der Waals surface area contributed by atoms with Crippen molar-refractivity contribution in [2.75, 3.05) is 20.7 Å². The van der Waals surface area contributed by atoms with Crippen LogP contribution in [-0.2, 0) is 11.3 Å². The molecule has 21 heavy (non-hydrogen) atoms. The van der Waals surface area contributed by atoms with Crippen molar-refractivity contribution in [3.05, 3.63) is 29.8 Å². The number of ether oxygens (including phenoxy) is 1. The highest BCUT2D eigenvalue weighted by Crippen LogP contribution is 2.21. The van der Waals surface area contributed by atoms with Crippen molar-refractivity contribution < 1.29 is 9.53 Å². The standard InChI is InChI=1S/C17H26N2O2/c1-19(15-6-4-3-5-7-15)17(20)13-18-12-14-8-10-16(21-2)11-9-14/h8-11,15,18H,3-7,12-13H2,1-2H3. The number of likely N-dealkylation sites (N-methyl/N-ethyl adjacent to an activating group) is 1. The summed E-state index contributed by atoms with van der Waals surface area (Å²) in [4.78, 5) is 14.1. The van der Waals surface area contributed by atoms with Gasteiger partial charge >= 0.3 is 0 Å². The summed E-state index contributed by atoms with van der Waals surface area (Å²) in [6, 6.07) is 8.34. The zero-order valence-electron chi connectivity index (χ0n) is 13.1. The summed E-state index contributed by atoms with van der Waals surface area (Å²) in [5.41, 5.74) is 1.16. The molecular weight excluding hydrogens is 264 g/mol. The van der Waals surface area contributed by atoms with E-state index >= 15 is 0 Å². The van der Waals surface area contributed by atoms with Crippen LogP contribution in [0.4, 0.5) is 0 Å². The Labute approximate surface area is 127 Å². The molecule has 1 amide bonds. The second-order valence-corrected chi connectivity index (χ2v) is 5.75. The molecule has 0 aromatic heterocycles. The van der Waals surface area contributed by atoms with Crippen molar-refractivity contribution in [3.63, 3.8) is 0 Å². The van der Waals surface area contributed by atoms with E-state index in [1.165, 1.54) is 19.3 Å². The van der Waals surface area contributed by atoms with Gasteiger partial charge in [-0.1, -0.05) is 31.4 Å². The number of methoxy groups -OCH3 is 1. The van der Waals surface area contributed by atoms with Gasteiger partial charge in [-0.15, -0.1) is 0 Å². The van der Waals surface area contributed by atoms with Crippen LogP contribution in [-0.4, -0.2) is 37.6 Å². The van der Waals surface area contributed by atoms with Gasteiger partial charge in [0.15, 0.2) is 0 Å². The van der Waals surface area contributed by atoms with Crippen molar-refractivity contribution in [2.45, 2.75) is 44.7 Å². The number of rotatable bonds is 6. The topological polar surface area (TPSA) is 41.6 Å². The Morgan fingerprint density at radius 2 is 1.90 bits per heavy atom. The van der Waals surface area contributed by atoms with Crippen LogP contribution in [0.5, 0.6) is 5.75 Å². The Morgan fingerprint density at radius 3 is 2.52 bits per heavy atom. The molecule has 4 heteroatoms. The minimum Gasteiger partial charge on any atom is -0.497 e. The first kappa shape index (κ1) is 15.8. The number of amides is 1. The van der Waals surface area contributed by atoms with E-state index in [1.54, 1.807) is 7.11 Å². The van der Waals surface area contributed by atoms with Crippen LogP contribution in [0.3, 0.4) is 0 Å². The monoisotopic (exact) mass is 290 g/mol. The number of nitrogens with one attached hydrogen (secondary N) is 1. The van der Waals surface area contributed by atoms with Crippen LogP contribution in [0.15, 0.2) is 24.3 Å². The quantitative estimate of drug-likeness (QED) is 0.875. The molecule has 1 fully saturated rings. The molecule has 1 N–H and O–H groups in total. The summed E-state index contributed by atoms with van der Waals surface area (Å²) >= 11 is 0. The second-order valence-electron chi connectivity index (χ2n) is 5.75. The average molecular weight is 290 g/mol. The van der Waals surface area contributed by atoms with E-state index < -0.39 is 0 Å². The summed E-state index contributed by atoms with van der Waals surface area (Å²) < 4.78 is 5.13. The number of hydrogen-bond acceptors (Lipinski definition) is 3. The fourth-order valence-corrected chi connectivity index (χ4v) is 2.85. The molecule has 1 saturated carbocycles. The van der Waals surface area contributed by atoms with Gasteiger partial charge < -0.3 is 15.0 Å². The number of nitrogens with zero attached hydrogens (tertiary/aromatic N) is 1. The molecular formula is C17H26N2O2. The number of carbonyl (C=O) groups is 1. The predicted molar refractivity (Wildman–Crippen MR) is 84.3 cm³/mol. The van der Waals surface area contributed by atoms with Gasteiger partial charge in [0.25, 0.3) is 0 Å². The van der Waals surface area contributed by atoms with E-state index in [0.29, 0.717) is 19.1 Å². The Morgan fingerprint density at radius 1 is 1.24 bits per heavy atom. The molecule has 0 spiro atoms.